The van der Waals surface area contributed by atoms with Crippen molar-refractivity contribution < 1.29 is 0 Å². The van der Waals surface area contributed by atoms with E-state index in [-0.39, 0.29) is 5.54 Å². The summed E-state index contributed by atoms with van der Waals surface area (Å²) in [5.41, 5.74) is 1.56. The lowest BCUT2D eigenvalue weighted by molar-refractivity contribution is 0.441. The molecule has 0 aromatic carbocycles. The van der Waals surface area contributed by atoms with E-state index in [2.05, 4.69) is 35.6 Å². The molecule has 2 rings (SSSR count). The van der Waals surface area contributed by atoms with E-state index in [0.717, 1.165) is 18.7 Å². The highest BCUT2D eigenvalue weighted by Gasteiger charge is 2.32. The van der Waals surface area contributed by atoms with Gasteiger partial charge in [0.25, 0.3) is 0 Å². The van der Waals surface area contributed by atoms with Crippen molar-refractivity contribution in [1.29, 1.82) is 0 Å². The van der Waals surface area contributed by atoms with E-state index < -0.39 is 0 Å². The molecule has 1 saturated heterocycles. The van der Waals surface area contributed by atoms with Crippen LogP contribution in [0.25, 0.3) is 0 Å². The molecule has 1 N–H and O–H groups in total. The maximum absolute atomic E-state index is 4.24. The highest BCUT2D eigenvalue weighted by molar-refractivity contribution is 7.99. The lowest BCUT2D eigenvalue weighted by Gasteiger charge is -2.19. The zero-order chi connectivity index (χ0) is 10.9. The standard InChI is InChI=1S/C11H19N3S/c1-4-5-14-8-12-6-9(14)10-13-11(2,3)7-15-10/h6,8,10,13H,4-5,7H2,1-3H3. The Morgan fingerprint density at radius 3 is 3.07 bits per heavy atom. The third-order valence-corrected chi connectivity index (χ3v) is 4.19. The van der Waals surface area contributed by atoms with Crippen molar-refractivity contribution in [2.75, 3.05) is 5.75 Å². The third-order valence-electron chi connectivity index (χ3n) is 2.61. The number of nitrogens with one attached hydrogen (secondary N) is 1. The van der Waals surface area contributed by atoms with Crippen molar-refractivity contribution in [2.45, 2.75) is 44.6 Å². The van der Waals surface area contributed by atoms with Crippen LogP contribution in [0.5, 0.6) is 0 Å². The first kappa shape index (κ1) is 11.0. The fourth-order valence-corrected chi connectivity index (χ4v) is 3.30. The van der Waals surface area contributed by atoms with Gasteiger partial charge in [-0.3, -0.25) is 5.32 Å². The minimum atomic E-state index is 0.247. The molecule has 1 aliphatic rings. The monoisotopic (exact) mass is 225 g/mol. The second kappa shape index (κ2) is 4.18. The van der Waals surface area contributed by atoms with Crippen molar-refractivity contribution >= 4 is 11.8 Å². The van der Waals surface area contributed by atoms with Crippen molar-refractivity contribution in [3.63, 3.8) is 0 Å². The van der Waals surface area contributed by atoms with E-state index in [9.17, 15) is 0 Å². The van der Waals surface area contributed by atoms with Gasteiger partial charge in [0.2, 0.25) is 0 Å². The van der Waals surface area contributed by atoms with E-state index in [1.165, 1.54) is 5.69 Å². The lowest BCUT2D eigenvalue weighted by Crippen LogP contribution is -2.36. The smallest absolute Gasteiger partial charge is 0.0963 e. The molecule has 3 nitrogen and oxygen atoms in total. The fourth-order valence-electron chi connectivity index (χ4n) is 1.87. The Labute approximate surface area is 95.7 Å². The van der Waals surface area contributed by atoms with Crippen molar-refractivity contribution in [3.05, 3.63) is 18.2 Å². The van der Waals surface area contributed by atoms with Crippen LogP contribution in [0.1, 0.15) is 38.3 Å². The van der Waals surface area contributed by atoms with Gasteiger partial charge in [-0.2, -0.15) is 0 Å². The Morgan fingerprint density at radius 1 is 1.67 bits per heavy atom. The number of hydrogen-bond donors (Lipinski definition) is 1. The highest BCUT2D eigenvalue weighted by Crippen LogP contribution is 2.36. The van der Waals surface area contributed by atoms with Gasteiger partial charge in [0.05, 0.1) is 23.6 Å². The molecule has 1 fully saturated rings. The molecule has 4 heteroatoms. The largest absolute Gasteiger partial charge is 0.332 e. The quantitative estimate of drug-likeness (QED) is 0.856. The maximum atomic E-state index is 4.24. The predicted octanol–water partition coefficient (Wildman–Crippen LogP) is 2.41. The lowest BCUT2D eigenvalue weighted by atomic mass is 10.1. The van der Waals surface area contributed by atoms with Gasteiger partial charge in [-0.25, -0.2) is 4.98 Å². The first-order chi connectivity index (χ1) is 7.12. The van der Waals surface area contributed by atoms with Crippen LogP contribution in [0.4, 0.5) is 0 Å². The van der Waals surface area contributed by atoms with Crippen LogP contribution in [0, 0.1) is 0 Å². The van der Waals surface area contributed by atoms with Gasteiger partial charge >= 0.3 is 0 Å². The molecular formula is C11H19N3S. The number of hydrogen-bond acceptors (Lipinski definition) is 3. The first-order valence-corrected chi connectivity index (χ1v) is 6.56. The van der Waals surface area contributed by atoms with Crippen molar-refractivity contribution in [1.82, 2.24) is 14.9 Å². The average Bonchev–Trinajstić information content (AvgIpc) is 2.72. The van der Waals surface area contributed by atoms with Crippen LogP contribution in [0.3, 0.4) is 0 Å². The Hall–Kier alpha value is -0.480. The predicted molar refractivity (Wildman–Crippen MR) is 64.9 cm³/mol. The second-order valence-corrected chi connectivity index (χ2v) is 5.82. The third kappa shape index (κ3) is 2.37. The molecule has 1 unspecified atom stereocenters. The van der Waals surface area contributed by atoms with E-state index in [4.69, 9.17) is 0 Å². The molecule has 1 aromatic rings. The molecule has 15 heavy (non-hydrogen) atoms. The van der Waals surface area contributed by atoms with Crippen LogP contribution in [-0.2, 0) is 6.54 Å². The topological polar surface area (TPSA) is 29.9 Å². The van der Waals surface area contributed by atoms with Gasteiger partial charge < -0.3 is 4.57 Å². The van der Waals surface area contributed by atoms with E-state index >= 15 is 0 Å². The van der Waals surface area contributed by atoms with Crippen LogP contribution in [-0.4, -0.2) is 20.8 Å². The molecule has 0 saturated carbocycles. The van der Waals surface area contributed by atoms with Crippen LogP contribution >= 0.6 is 11.8 Å². The van der Waals surface area contributed by atoms with E-state index in [0.29, 0.717) is 5.37 Å². The fraction of sp³-hybridized carbons (Fsp3) is 0.727. The number of imidazole rings is 1. The first-order valence-electron chi connectivity index (χ1n) is 5.52. The van der Waals surface area contributed by atoms with Crippen molar-refractivity contribution in [3.8, 4) is 0 Å². The molecular weight excluding hydrogens is 206 g/mol. The molecule has 0 spiro atoms. The molecule has 84 valence electrons. The van der Waals surface area contributed by atoms with Crippen LogP contribution in [0.15, 0.2) is 12.5 Å². The highest BCUT2D eigenvalue weighted by atomic mass is 32.2. The molecule has 2 heterocycles. The maximum Gasteiger partial charge on any atom is 0.0963 e. The van der Waals surface area contributed by atoms with Gasteiger partial charge in [0.1, 0.15) is 0 Å². The number of nitrogens with zero attached hydrogens (tertiary/aromatic N) is 2. The molecule has 1 aromatic heterocycles. The molecule has 0 amide bonds. The molecule has 1 aliphatic heterocycles. The van der Waals surface area contributed by atoms with Crippen molar-refractivity contribution in [2.24, 2.45) is 0 Å². The Kier molecular flexibility index (Phi) is 3.07. The second-order valence-electron chi connectivity index (χ2n) is 4.73. The summed E-state index contributed by atoms with van der Waals surface area (Å²) in [6.07, 6.45) is 5.08. The molecule has 1 atom stereocenters. The minimum absolute atomic E-state index is 0.247. The normalized spacial score (nSPS) is 24.6. The average molecular weight is 225 g/mol. The zero-order valence-electron chi connectivity index (χ0n) is 9.66. The molecule has 0 radical (unpaired) electrons. The summed E-state index contributed by atoms with van der Waals surface area (Å²) < 4.78 is 2.26. The Morgan fingerprint density at radius 2 is 2.47 bits per heavy atom. The van der Waals surface area contributed by atoms with Crippen LogP contribution in [0.2, 0.25) is 0 Å². The van der Waals surface area contributed by atoms with Gasteiger partial charge in [-0.1, -0.05) is 6.92 Å². The zero-order valence-corrected chi connectivity index (χ0v) is 10.5. The molecule has 0 aliphatic carbocycles. The SMILES string of the molecule is CCCn1cncc1C1NC(C)(C)CS1. The van der Waals surface area contributed by atoms with Crippen LogP contribution < -0.4 is 5.32 Å². The molecule has 0 bridgehead atoms. The number of rotatable bonds is 3. The summed E-state index contributed by atoms with van der Waals surface area (Å²) >= 11 is 1.98. The Bertz CT molecular complexity index is 332. The number of thioether (sulfide) groups is 1. The summed E-state index contributed by atoms with van der Waals surface area (Å²) in [6.45, 7) is 7.76. The van der Waals surface area contributed by atoms with Gasteiger partial charge in [-0.15, -0.1) is 11.8 Å². The van der Waals surface area contributed by atoms with E-state index in [1.54, 1.807) is 0 Å². The summed E-state index contributed by atoms with van der Waals surface area (Å²) in [5, 5.41) is 4.04. The Balaban J connectivity index is 2.13. The summed E-state index contributed by atoms with van der Waals surface area (Å²) in [6, 6.07) is 0. The van der Waals surface area contributed by atoms with E-state index in [1.807, 2.05) is 24.3 Å². The minimum Gasteiger partial charge on any atom is -0.332 e. The summed E-state index contributed by atoms with van der Waals surface area (Å²) in [5.74, 6) is 1.16. The van der Waals surface area contributed by atoms with Gasteiger partial charge in [-0.05, 0) is 20.3 Å². The summed E-state index contributed by atoms with van der Waals surface area (Å²) in [7, 11) is 0. The number of aromatic nitrogens is 2. The summed E-state index contributed by atoms with van der Waals surface area (Å²) in [4.78, 5) is 4.24. The van der Waals surface area contributed by atoms with Gasteiger partial charge in [0.15, 0.2) is 0 Å². The number of aryl methyl sites for hydroxylation is 1. The van der Waals surface area contributed by atoms with Gasteiger partial charge in [0, 0.05) is 17.8 Å².